The smallest absolute Gasteiger partial charge is 0.414 e. The van der Waals surface area contributed by atoms with E-state index in [9.17, 15) is 9.18 Å². The van der Waals surface area contributed by atoms with Crippen LogP contribution in [0, 0.1) is 5.82 Å². The number of nitrogens with one attached hydrogen (secondary N) is 1. The normalized spacial score (nSPS) is 18.0. The van der Waals surface area contributed by atoms with Gasteiger partial charge in [0.1, 0.15) is 30.7 Å². The van der Waals surface area contributed by atoms with Gasteiger partial charge in [-0.1, -0.05) is 0 Å². The van der Waals surface area contributed by atoms with Crippen LogP contribution in [-0.2, 0) is 11.3 Å². The molecule has 3 N–H and O–H groups in total. The summed E-state index contributed by atoms with van der Waals surface area (Å²) < 4.78 is 36.3. The molecule has 2 aliphatic rings. The van der Waals surface area contributed by atoms with Crippen LogP contribution in [0.1, 0.15) is 12.0 Å². The van der Waals surface area contributed by atoms with Crippen molar-refractivity contribution < 1.29 is 28.1 Å². The van der Waals surface area contributed by atoms with Gasteiger partial charge >= 0.3 is 6.09 Å². The molecule has 35 heavy (non-hydrogen) atoms. The van der Waals surface area contributed by atoms with Gasteiger partial charge in [-0.15, -0.1) is 0 Å². The molecule has 1 saturated heterocycles. The van der Waals surface area contributed by atoms with Crippen molar-refractivity contribution in [3.8, 4) is 17.4 Å². The molecule has 2 aromatic heterocycles. The molecule has 1 fully saturated rings. The lowest BCUT2D eigenvalue weighted by Gasteiger charge is -2.21. The summed E-state index contributed by atoms with van der Waals surface area (Å²) in [7, 11) is 1.50. The first-order valence-corrected chi connectivity index (χ1v) is 11.4. The second kappa shape index (κ2) is 9.88. The number of pyridine rings is 2. The van der Waals surface area contributed by atoms with Crippen LogP contribution in [0.25, 0.3) is 11.0 Å². The number of halogens is 1. The Hall–Kier alpha value is -3.70. The number of aromatic nitrogens is 2. The maximum Gasteiger partial charge on any atom is 0.414 e. The number of carbonyl (C=O) groups is 1. The molecule has 0 aliphatic carbocycles. The van der Waals surface area contributed by atoms with Gasteiger partial charge < -0.3 is 30.0 Å². The highest BCUT2D eigenvalue weighted by atomic mass is 19.1. The maximum atomic E-state index is 14.5. The molecule has 184 valence electrons. The fourth-order valence-electron chi connectivity index (χ4n) is 4.15. The largest absolute Gasteiger partial charge is 0.486 e. The lowest BCUT2D eigenvalue weighted by atomic mass is 10.1. The molecule has 2 aliphatic heterocycles. The Bertz CT molecular complexity index is 1240. The Morgan fingerprint density at radius 3 is 2.91 bits per heavy atom. The first kappa shape index (κ1) is 23.1. The van der Waals surface area contributed by atoms with Crippen molar-refractivity contribution in [1.82, 2.24) is 15.3 Å². The number of hydrogen-bond donors (Lipinski definition) is 2. The van der Waals surface area contributed by atoms with E-state index < -0.39 is 24.1 Å². The van der Waals surface area contributed by atoms with Crippen LogP contribution in [0.5, 0.6) is 17.4 Å². The van der Waals surface area contributed by atoms with Crippen molar-refractivity contribution in [1.29, 1.82) is 0 Å². The number of rotatable bonds is 8. The fraction of sp³-hybridized carbons (Fsp3) is 0.375. The SMILES string of the molecule is COc1ccc2ncc(F)c(CNCC[C@@H](N)C3CN(c4ccc5c(c4)OCCO5)C(=O)O3)c2n1. The van der Waals surface area contributed by atoms with Gasteiger partial charge in [0.15, 0.2) is 11.5 Å². The zero-order valence-corrected chi connectivity index (χ0v) is 19.2. The number of carbonyl (C=O) groups excluding carboxylic acids is 1. The van der Waals surface area contributed by atoms with Crippen LogP contribution in [-0.4, -0.2) is 61.6 Å². The summed E-state index contributed by atoms with van der Waals surface area (Å²) in [5, 5.41) is 3.20. The monoisotopic (exact) mass is 483 g/mol. The average Bonchev–Trinajstić information content (AvgIpc) is 3.28. The summed E-state index contributed by atoms with van der Waals surface area (Å²) in [5.41, 5.74) is 8.42. The van der Waals surface area contributed by atoms with E-state index in [1.165, 1.54) is 18.2 Å². The number of nitrogens with zero attached hydrogens (tertiary/aromatic N) is 3. The van der Waals surface area contributed by atoms with Gasteiger partial charge in [0.2, 0.25) is 5.88 Å². The van der Waals surface area contributed by atoms with Crippen molar-refractivity contribution in [3.05, 3.63) is 47.9 Å². The van der Waals surface area contributed by atoms with E-state index in [1.807, 2.05) is 0 Å². The molecule has 1 unspecified atom stereocenters. The van der Waals surface area contributed by atoms with E-state index in [0.29, 0.717) is 72.4 Å². The van der Waals surface area contributed by atoms with Crippen LogP contribution < -0.4 is 30.2 Å². The number of fused-ring (bicyclic) bond motifs is 2. The molecule has 5 rings (SSSR count). The molecule has 10 nitrogen and oxygen atoms in total. The second-order valence-corrected chi connectivity index (χ2v) is 8.30. The van der Waals surface area contributed by atoms with Crippen LogP contribution in [0.4, 0.5) is 14.9 Å². The van der Waals surface area contributed by atoms with Gasteiger partial charge in [-0.25, -0.2) is 14.2 Å². The standard InChI is InChI=1S/C24H26FN5O5/c1-32-22-5-3-18-23(29-22)15(16(25)12-28-18)11-27-7-6-17(26)21-13-30(24(31)35-21)14-2-4-19-20(10-14)34-9-8-33-19/h2-5,10,12,17,21,27H,6-9,11,13,26H2,1H3/t17-,21?/m1/s1. The van der Waals surface area contributed by atoms with Crippen LogP contribution >= 0.6 is 0 Å². The molecule has 1 amide bonds. The third-order valence-corrected chi connectivity index (χ3v) is 6.05. The van der Waals surface area contributed by atoms with Gasteiger partial charge in [0.05, 0.1) is 31.1 Å². The Morgan fingerprint density at radius 2 is 2.09 bits per heavy atom. The highest BCUT2D eigenvalue weighted by Crippen LogP contribution is 2.35. The predicted octanol–water partition coefficient (Wildman–Crippen LogP) is 2.38. The van der Waals surface area contributed by atoms with Crippen molar-refractivity contribution in [2.24, 2.45) is 5.73 Å². The lowest BCUT2D eigenvalue weighted by Crippen LogP contribution is -2.40. The Balaban J connectivity index is 1.17. The first-order valence-electron chi connectivity index (χ1n) is 11.4. The van der Waals surface area contributed by atoms with E-state index >= 15 is 0 Å². The number of nitrogens with two attached hydrogens (primary N) is 1. The third-order valence-electron chi connectivity index (χ3n) is 6.05. The summed E-state index contributed by atoms with van der Waals surface area (Å²) in [4.78, 5) is 22.4. The highest BCUT2D eigenvalue weighted by molar-refractivity contribution is 5.90. The number of amides is 1. The summed E-state index contributed by atoms with van der Waals surface area (Å²) in [6.07, 6.45) is 0.778. The number of hydrogen-bond acceptors (Lipinski definition) is 9. The molecule has 0 bridgehead atoms. The molecule has 0 radical (unpaired) electrons. The molecule has 4 heterocycles. The molecule has 3 aromatic rings. The Labute approximate surface area is 201 Å². The summed E-state index contributed by atoms with van der Waals surface area (Å²) >= 11 is 0. The molecule has 0 spiro atoms. The molecular weight excluding hydrogens is 457 g/mol. The van der Waals surface area contributed by atoms with Gasteiger partial charge in [-0.05, 0) is 31.2 Å². The van der Waals surface area contributed by atoms with Crippen molar-refractivity contribution in [3.63, 3.8) is 0 Å². The number of methoxy groups -OCH3 is 1. The third kappa shape index (κ3) is 4.77. The molecule has 2 atom stereocenters. The zero-order chi connectivity index (χ0) is 24.4. The van der Waals surface area contributed by atoms with Crippen LogP contribution in [0.15, 0.2) is 36.5 Å². The first-order chi connectivity index (χ1) is 17.0. The van der Waals surface area contributed by atoms with Crippen molar-refractivity contribution in [2.45, 2.75) is 25.1 Å². The molecule has 11 heteroatoms. The number of anilines is 1. The van der Waals surface area contributed by atoms with Gasteiger partial charge in [0.25, 0.3) is 0 Å². The Kier molecular flexibility index (Phi) is 6.51. The second-order valence-electron chi connectivity index (χ2n) is 8.30. The number of cyclic esters (lactones) is 1. The topological polar surface area (TPSA) is 121 Å². The zero-order valence-electron chi connectivity index (χ0n) is 19.2. The van der Waals surface area contributed by atoms with E-state index in [1.54, 1.807) is 30.3 Å². The van der Waals surface area contributed by atoms with Crippen LogP contribution in [0.2, 0.25) is 0 Å². The van der Waals surface area contributed by atoms with Crippen LogP contribution in [0.3, 0.4) is 0 Å². The van der Waals surface area contributed by atoms with E-state index in [0.717, 1.165) is 0 Å². The summed E-state index contributed by atoms with van der Waals surface area (Å²) in [6, 6.07) is 8.36. The molecular formula is C24H26FN5O5. The van der Waals surface area contributed by atoms with Crippen molar-refractivity contribution in [2.75, 3.05) is 38.3 Å². The van der Waals surface area contributed by atoms with Crippen molar-refractivity contribution >= 4 is 22.8 Å². The number of benzene rings is 1. The minimum Gasteiger partial charge on any atom is -0.486 e. The highest BCUT2D eigenvalue weighted by Gasteiger charge is 2.36. The maximum absolute atomic E-state index is 14.5. The summed E-state index contributed by atoms with van der Waals surface area (Å²) in [5.74, 6) is 1.19. The summed E-state index contributed by atoms with van der Waals surface area (Å²) in [6.45, 7) is 2.02. The molecule has 0 saturated carbocycles. The van der Waals surface area contributed by atoms with Gasteiger partial charge in [-0.2, -0.15) is 0 Å². The minimum atomic E-state index is -0.470. The lowest BCUT2D eigenvalue weighted by molar-refractivity contribution is 0.124. The predicted molar refractivity (Wildman–Crippen MR) is 125 cm³/mol. The average molecular weight is 484 g/mol. The fourth-order valence-corrected chi connectivity index (χ4v) is 4.15. The molecule has 1 aromatic carbocycles. The minimum absolute atomic E-state index is 0.242. The van der Waals surface area contributed by atoms with Gasteiger partial charge in [-0.3, -0.25) is 9.88 Å². The van der Waals surface area contributed by atoms with E-state index in [-0.39, 0.29) is 6.54 Å². The van der Waals surface area contributed by atoms with E-state index in [4.69, 9.17) is 24.7 Å². The Morgan fingerprint density at radius 1 is 1.26 bits per heavy atom. The quantitative estimate of drug-likeness (QED) is 0.465. The number of ether oxygens (including phenoxy) is 4. The van der Waals surface area contributed by atoms with E-state index in [2.05, 4.69) is 15.3 Å². The van der Waals surface area contributed by atoms with Gasteiger partial charge in [0, 0.05) is 30.3 Å².